The molecule has 0 saturated carbocycles. The van der Waals surface area contributed by atoms with Gasteiger partial charge in [0.2, 0.25) is 0 Å². The Morgan fingerprint density at radius 1 is 1.15 bits per heavy atom. The third-order valence-electron chi connectivity index (χ3n) is 5.39. The molecule has 0 bridgehead atoms. The van der Waals surface area contributed by atoms with Gasteiger partial charge in [-0.1, -0.05) is 23.2 Å². The fourth-order valence-corrected chi connectivity index (χ4v) is 4.05. The number of amides is 2. The summed E-state index contributed by atoms with van der Waals surface area (Å²) in [5.41, 5.74) is 0.673. The molecular formula is C19H28Cl2N4O. The van der Waals surface area contributed by atoms with Crippen LogP contribution in [-0.4, -0.2) is 72.6 Å². The summed E-state index contributed by atoms with van der Waals surface area (Å²) in [6.07, 6.45) is 1.29. The molecule has 1 atom stereocenters. The first kappa shape index (κ1) is 19.7. The Kier molecular flexibility index (Phi) is 6.67. The van der Waals surface area contributed by atoms with Gasteiger partial charge in [-0.3, -0.25) is 4.90 Å². The molecular weight excluding hydrogens is 371 g/mol. The first-order valence-corrected chi connectivity index (χ1v) is 10.2. The molecule has 1 aromatic carbocycles. The molecule has 2 aliphatic rings. The van der Waals surface area contributed by atoms with Crippen molar-refractivity contribution in [2.45, 2.75) is 26.3 Å². The Bertz CT molecular complexity index is 632. The fourth-order valence-electron chi connectivity index (χ4n) is 3.76. The molecule has 0 unspecified atom stereocenters. The summed E-state index contributed by atoms with van der Waals surface area (Å²) < 4.78 is 0. The third-order valence-corrected chi connectivity index (χ3v) is 6.13. The highest BCUT2D eigenvalue weighted by Gasteiger charge is 2.28. The zero-order valence-electron chi connectivity index (χ0n) is 15.5. The molecule has 2 aliphatic heterocycles. The lowest BCUT2D eigenvalue weighted by Crippen LogP contribution is -2.51. The molecule has 26 heavy (non-hydrogen) atoms. The average Bonchev–Trinajstić information content (AvgIpc) is 3.07. The smallest absolute Gasteiger partial charge is 0.321 e. The van der Waals surface area contributed by atoms with Gasteiger partial charge in [0.05, 0.1) is 10.0 Å². The van der Waals surface area contributed by atoms with Gasteiger partial charge < -0.3 is 15.1 Å². The molecule has 0 radical (unpaired) electrons. The van der Waals surface area contributed by atoms with Crippen molar-refractivity contribution in [1.29, 1.82) is 0 Å². The number of piperazine rings is 1. The first-order chi connectivity index (χ1) is 12.4. The van der Waals surface area contributed by atoms with Gasteiger partial charge in [0.25, 0.3) is 0 Å². The van der Waals surface area contributed by atoms with Gasteiger partial charge in [-0.25, -0.2) is 4.79 Å². The number of rotatable bonds is 4. The van der Waals surface area contributed by atoms with Crippen molar-refractivity contribution in [3.8, 4) is 0 Å². The number of likely N-dealkylation sites (tertiary alicyclic amines) is 1. The third kappa shape index (κ3) is 5.03. The highest BCUT2D eigenvalue weighted by Crippen LogP contribution is 2.25. The predicted octanol–water partition coefficient (Wildman–Crippen LogP) is 3.87. The van der Waals surface area contributed by atoms with Gasteiger partial charge in [-0.2, -0.15) is 0 Å². The van der Waals surface area contributed by atoms with Crippen molar-refractivity contribution in [2.75, 3.05) is 51.1 Å². The quantitative estimate of drug-likeness (QED) is 0.836. The monoisotopic (exact) mass is 398 g/mol. The van der Waals surface area contributed by atoms with Crippen molar-refractivity contribution in [3.05, 3.63) is 28.2 Å². The van der Waals surface area contributed by atoms with Crippen LogP contribution in [0.2, 0.25) is 10.0 Å². The van der Waals surface area contributed by atoms with E-state index in [1.54, 1.807) is 18.2 Å². The van der Waals surface area contributed by atoms with Crippen LogP contribution >= 0.6 is 23.2 Å². The summed E-state index contributed by atoms with van der Waals surface area (Å²) in [5, 5.41) is 3.84. The van der Waals surface area contributed by atoms with Gasteiger partial charge in [-0.15, -0.1) is 0 Å². The minimum atomic E-state index is -0.0742. The molecule has 3 rings (SSSR count). The van der Waals surface area contributed by atoms with Gasteiger partial charge in [-0.05, 0) is 50.9 Å². The maximum Gasteiger partial charge on any atom is 0.321 e. The van der Waals surface area contributed by atoms with Crippen LogP contribution in [0.4, 0.5) is 10.5 Å². The molecule has 1 aromatic rings. The summed E-state index contributed by atoms with van der Waals surface area (Å²) in [6.45, 7) is 11.5. The maximum atomic E-state index is 12.4. The van der Waals surface area contributed by atoms with Crippen LogP contribution < -0.4 is 5.32 Å². The Hall–Kier alpha value is -1.01. The number of anilines is 1. The van der Waals surface area contributed by atoms with E-state index in [2.05, 4.69) is 29.0 Å². The van der Waals surface area contributed by atoms with Gasteiger partial charge >= 0.3 is 6.03 Å². The Balaban J connectivity index is 1.43. The average molecular weight is 399 g/mol. The van der Waals surface area contributed by atoms with E-state index in [1.165, 1.54) is 19.5 Å². The number of hydrogen-bond donors (Lipinski definition) is 1. The Morgan fingerprint density at radius 2 is 1.88 bits per heavy atom. The van der Waals surface area contributed by atoms with E-state index in [1.807, 2.05) is 4.90 Å². The normalized spacial score (nSPS) is 22.2. The molecule has 2 saturated heterocycles. The standard InChI is InChI=1S/C19H28Cl2N4O/c1-14(2)25-6-5-15(13-25)12-23-7-9-24(10-8-23)19(26)22-16-3-4-17(20)18(21)11-16/h3-4,11,14-15H,5-10,12-13H2,1-2H3,(H,22,26)/t15-/m0/s1. The molecule has 2 fully saturated rings. The number of carbonyl (C=O) groups excluding carboxylic acids is 1. The lowest BCUT2D eigenvalue weighted by atomic mass is 10.1. The van der Waals surface area contributed by atoms with Crippen LogP contribution in [0.3, 0.4) is 0 Å². The van der Waals surface area contributed by atoms with E-state index >= 15 is 0 Å². The molecule has 2 amide bonds. The van der Waals surface area contributed by atoms with Crippen LogP contribution in [0, 0.1) is 5.92 Å². The molecule has 7 heteroatoms. The Labute approximate surface area is 166 Å². The second-order valence-corrected chi connectivity index (χ2v) is 8.40. The summed E-state index contributed by atoms with van der Waals surface area (Å²) >= 11 is 11.9. The Morgan fingerprint density at radius 3 is 2.50 bits per heavy atom. The van der Waals surface area contributed by atoms with E-state index in [4.69, 9.17) is 23.2 Å². The van der Waals surface area contributed by atoms with Crippen LogP contribution in [-0.2, 0) is 0 Å². The number of nitrogens with one attached hydrogen (secondary N) is 1. The zero-order chi connectivity index (χ0) is 18.7. The highest BCUT2D eigenvalue weighted by atomic mass is 35.5. The minimum absolute atomic E-state index is 0.0742. The van der Waals surface area contributed by atoms with Gasteiger partial charge in [0.1, 0.15) is 0 Å². The largest absolute Gasteiger partial charge is 0.322 e. The second-order valence-electron chi connectivity index (χ2n) is 7.59. The molecule has 5 nitrogen and oxygen atoms in total. The number of carbonyl (C=O) groups is 1. The van der Waals surface area contributed by atoms with Crippen molar-refractivity contribution >= 4 is 34.9 Å². The number of nitrogens with zero attached hydrogens (tertiary/aromatic N) is 3. The zero-order valence-corrected chi connectivity index (χ0v) is 17.1. The number of halogens is 2. The number of hydrogen-bond acceptors (Lipinski definition) is 3. The van der Waals surface area contributed by atoms with Crippen molar-refractivity contribution < 1.29 is 4.79 Å². The van der Waals surface area contributed by atoms with E-state index in [9.17, 15) is 4.79 Å². The minimum Gasteiger partial charge on any atom is -0.322 e. The van der Waals surface area contributed by atoms with E-state index < -0.39 is 0 Å². The first-order valence-electron chi connectivity index (χ1n) is 9.39. The summed E-state index contributed by atoms with van der Waals surface area (Å²) in [6, 6.07) is 5.71. The summed E-state index contributed by atoms with van der Waals surface area (Å²) in [5.74, 6) is 0.758. The van der Waals surface area contributed by atoms with Crippen LogP contribution in [0.5, 0.6) is 0 Å². The van der Waals surface area contributed by atoms with E-state index in [0.29, 0.717) is 21.8 Å². The summed E-state index contributed by atoms with van der Waals surface area (Å²) in [4.78, 5) is 19.4. The molecule has 0 aromatic heterocycles. The lowest BCUT2D eigenvalue weighted by molar-refractivity contribution is 0.133. The van der Waals surface area contributed by atoms with Crippen molar-refractivity contribution in [2.24, 2.45) is 5.92 Å². The van der Waals surface area contributed by atoms with Crippen molar-refractivity contribution in [3.63, 3.8) is 0 Å². The predicted molar refractivity (Wildman–Crippen MR) is 108 cm³/mol. The fraction of sp³-hybridized carbons (Fsp3) is 0.632. The molecule has 0 spiro atoms. The SMILES string of the molecule is CC(C)N1CC[C@@H](CN2CCN(C(=O)Nc3ccc(Cl)c(Cl)c3)CC2)C1. The number of urea groups is 1. The molecule has 0 aliphatic carbocycles. The van der Waals surface area contributed by atoms with E-state index in [0.717, 1.165) is 38.6 Å². The van der Waals surface area contributed by atoms with Crippen LogP contribution in [0.15, 0.2) is 18.2 Å². The van der Waals surface area contributed by atoms with Crippen LogP contribution in [0.25, 0.3) is 0 Å². The second kappa shape index (κ2) is 8.79. The van der Waals surface area contributed by atoms with E-state index in [-0.39, 0.29) is 6.03 Å². The van der Waals surface area contributed by atoms with Crippen molar-refractivity contribution in [1.82, 2.24) is 14.7 Å². The maximum absolute atomic E-state index is 12.4. The van der Waals surface area contributed by atoms with Gasteiger partial charge in [0, 0.05) is 51.0 Å². The van der Waals surface area contributed by atoms with Gasteiger partial charge in [0.15, 0.2) is 0 Å². The molecule has 2 heterocycles. The molecule has 1 N–H and O–H groups in total. The lowest BCUT2D eigenvalue weighted by Gasteiger charge is -2.36. The number of benzene rings is 1. The van der Waals surface area contributed by atoms with Crippen LogP contribution in [0.1, 0.15) is 20.3 Å². The summed E-state index contributed by atoms with van der Waals surface area (Å²) in [7, 11) is 0. The highest BCUT2D eigenvalue weighted by molar-refractivity contribution is 6.42. The topological polar surface area (TPSA) is 38.8 Å². The molecule has 144 valence electrons.